The molecule has 0 N–H and O–H groups in total. The molecule has 3 rings (SSSR count). The molecule has 1 saturated heterocycles. The van der Waals surface area contributed by atoms with Crippen LogP contribution in [0.2, 0.25) is 0 Å². The number of nitrogens with zero attached hydrogens (tertiary/aromatic N) is 5. The fourth-order valence-corrected chi connectivity index (χ4v) is 3.87. The summed E-state index contributed by atoms with van der Waals surface area (Å²) in [4.78, 5) is 13.6. The molecule has 0 spiro atoms. The number of hydrogen-bond acceptors (Lipinski definition) is 6. The standard InChI is InChI=1S/C17H21N5S/c1-12-10-16(15(11-18)13(2)20-12)22-7-5-21(6-8-22)14(3)17-19-4-9-23-17/h4,9-10,14H,5-8H2,1-3H3. The number of anilines is 1. The van der Waals surface area contributed by atoms with Crippen molar-refractivity contribution in [3.05, 3.63) is 39.6 Å². The average molecular weight is 327 g/mol. The fourth-order valence-electron chi connectivity index (χ4n) is 3.14. The van der Waals surface area contributed by atoms with Crippen LogP contribution in [0.25, 0.3) is 0 Å². The van der Waals surface area contributed by atoms with Crippen LogP contribution in [0.15, 0.2) is 17.6 Å². The van der Waals surface area contributed by atoms with Crippen molar-refractivity contribution in [1.82, 2.24) is 14.9 Å². The Labute approximate surface area is 141 Å². The van der Waals surface area contributed by atoms with Gasteiger partial charge in [-0.25, -0.2) is 4.98 Å². The molecule has 5 nitrogen and oxygen atoms in total. The highest BCUT2D eigenvalue weighted by Gasteiger charge is 2.25. The summed E-state index contributed by atoms with van der Waals surface area (Å²) < 4.78 is 0. The van der Waals surface area contributed by atoms with Crippen LogP contribution in [-0.4, -0.2) is 41.0 Å². The first-order valence-corrected chi connectivity index (χ1v) is 8.75. The van der Waals surface area contributed by atoms with Crippen molar-refractivity contribution in [2.24, 2.45) is 0 Å². The zero-order chi connectivity index (χ0) is 16.4. The van der Waals surface area contributed by atoms with Crippen LogP contribution in [-0.2, 0) is 0 Å². The first-order chi connectivity index (χ1) is 11.1. The third-order valence-corrected chi connectivity index (χ3v) is 5.38. The molecule has 23 heavy (non-hydrogen) atoms. The van der Waals surface area contributed by atoms with Gasteiger partial charge in [0.05, 0.1) is 23.0 Å². The van der Waals surface area contributed by atoms with Gasteiger partial charge in [-0.05, 0) is 26.8 Å². The Morgan fingerprint density at radius 2 is 2.00 bits per heavy atom. The quantitative estimate of drug-likeness (QED) is 0.867. The molecular weight excluding hydrogens is 306 g/mol. The van der Waals surface area contributed by atoms with Crippen molar-refractivity contribution >= 4 is 17.0 Å². The molecule has 2 aromatic rings. The van der Waals surface area contributed by atoms with Gasteiger partial charge in [-0.3, -0.25) is 9.88 Å². The topological polar surface area (TPSA) is 56.0 Å². The Morgan fingerprint density at radius 1 is 1.26 bits per heavy atom. The number of piperazine rings is 1. The lowest BCUT2D eigenvalue weighted by atomic mass is 10.1. The highest BCUT2D eigenvalue weighted by Crippen LogP contribution is 2.27. The molecule has 0 saturated carbocycles. The molecule has 1 fully saturated rings. The van der Waals surface area contributed by atoms with Crippen molar-refractivity contribution in [3.8, 4) is 6.07 Å². The molecule has 1 aliphatic heterocycles. The Hall–Kier alpha value is -1.97. The first-order valence-electron chi connectivity index (χ1n) is 7.87. The zero-order valence-electron chi connectivity index (χ0n) is 13.8. The Morgan fingerprint density at radius 3 is 2.61 bits per heavy atom. The molecule has 0 aliphatic carbocycles. The number of thiazole rings is 1. The maximum Gasteiger partial charge on any atom is 0.109 e. The molecule has 120 valence electrons. The highest BCUT2D eigenvalue weighted by molar-refractivity contribution is 7.09. The molecule has 0 amide bonds. The van der Waals surface area contributed by atoms with E-state index in [2.05, 4.69) is 32.8 Å². The van der Waals surface area contributed by atoms with Crippen molar-refractivity contribution in [3.63, 3.8) is 0 Å². The number of nitriles is 1. The SMILES string of the molecule is Cc1cc(N2CCN(C(C)c3nccs3)CC2)c(C#N)c(C)n1. The molecule has 1 atom stereocenters. The van der Waals surface area contributed by atoms with Crippen molar-refractivity contribution in [2.75, 3.05) is 31.1 Å². The maximum atomic E-state index is 9.45. The van der Waals surface area contributed by atoms with Crippen LogP contribution < -0.4 is 4.90 Å². The van der Waals surface area contributed by atoms with Gasteiger partial charge in [0, 0.05) is 43.4 Å². The second-order valence-electron chi connectivity index (χ2n) is 5.92. The largest absolute Gasteiger partial charge is 0.368 e. The minimum Gasteiger partial charge on any atom is -0.368 e. The van der Waals surface area contributed by atoms with E-state index in [9.17, 15) is 5.26 Å². The molecule has 0 radical (unpaired) electrons. The van der Waals surface area contributed by atoms with E-state index in [1.807, 2.05) is 31.5 Å². The summed E-state index contributed by atoms with van der Waals surface area (Å²) in [7, 11) is 0. The van der Waals surface area contributed by atoms with Crippen LogP contribution in [0.3, 0.4) is 0 Å². The summed E-state index contributed by atoms with van der Waals surface area (Å²) in [6, 6.07) is 4.71. The number of aromatic nitrogens is 2. The summed E-state index contributed by atoms with van der Waals surface area (Å²) in [5.74, 6) is 0. The lowest BCUT2D eigenvalue weighted by molar-refractivity contribution is 0.198. The molecule has 0 aromatic carbocycles. The van der Waals surface area contributed by atoms with E-state index in [1.165, 1.54) is 5.01 Å². The van der Waals surface area contributed by atoms with Gasteiger partial charge < -0.3 is 4.90 Å². The van der Waals surface area contributed by atoms with E-state index < -0.39 is 0 Å². The summed E-state index contributed by atoms with van der Waals surface area (Å²) in [5, 5.41) is 12.7. The van der Waals surface area contributed by atoms with Crippen molar-refractivity contribution < 1.29 is 0 Å². The third kappa shape index (κ3) is 3.21. The van der Waals surface area contributed by atoms with Gasteiger partial charge in [-0.15, -0.1) is 11.3 Å². The van der Waals surface area contributed by atoms with E-state index in [0.29, 0.717) is 11.6 Å². The number of hydrogen-bond donors (Lipinski definition) is 0. The normalized spacial score (nSPS) is 17.0. The van der Waals surface area contributed by atoms with Crippen molar-refractivity contribution in [2.45, 2.75) is 26.8 Å². The molecule has 1 unspecified atom stereocenters. The van der Waals surface area contributed by atoms with Gasteiger partial charge >= 0.3 is 0 Å². The van der Waals surface area contributed by atoms with E-state index >= 15 is 0 Å². The van der Waals surface area contributed by atoms with Gasteiger partial charge in [0.15, 0.2) is 0 Å². The Kier molecular flexibility index (Phi) is 4.60. The fraction of sp³-hybridized carbons (Fsp3) is 0.471. The minimum absolute atomic E-state index is 0.355. The number of rotatable bonds is 3. The van der Waals surface area contributed by atoms with E-state index in [1.54, 1.807) is 11.3 Å². The van der Waals surface area contributed by atoms with Crippen LogP contribution >= 0.6 is 11.3 Å². The summed E-state index contributed by atoms with van der Waals surface area (Å²) in [5.41, 5.74) is 3.52. The summed E-state index contributed by atoms with van der Waals surface area (Å²) in [6.07, 6.45) is 1.87. The van der Waals surface area contributed by atoms with Gasteiger partial charge in [0.2, 0.25) is 0 Å². The van der Waals surface area contributed by atoms with Crippen LogP contribution in [0.4, 0.5) is 5.69 Å². The second-order valence-corrected chi connectivity index (χ2v) is 6.85. The zero-order valence-corrected chi connectivity index (χ0v) is 14.6. The Balaban J connectivity index is 1.74. The predicted octanol–water partition coefficient (Wildman–Crippen LogP) is 2.91. The van der Waals surface area contributed by atoms with E-state index in [-0.39, 0.29) is 0 Å². The predicted molar refractivity (Wildman–Crippen MR) is 92.7 cm³/mol. The molecule has 0 bridgehead atoms. The number of pyridine rings is 1. The third-order valence-electron chi connectivity index (χ3n) is 4.43. The lowest BCUT2D eigenvalue weighted by Gasteiger charge is -2.39. The molecular formula is C17H21N5S. The molecule has 1 aliphatic rings. The van der Waals surface area contributed by atoms with Gasteiger partial charge in [0.25, 0.3) is 0 Å². The maximum absolute atomic E-state index is 9.45. The monoisotopic (exact) mass is 327 g/mol. The van der Waals surface area contributed by atoms with Crippen LogP contribution in [0, 0.1) is 25.2 Å². The van der Waals surface area contributed by atoms with E-state index in [0.717, 1.165) is 43.3 Å². The van der Waals surface area contributed by atoms with Crippen LogP contribution in [0.5, 0.6) is 0 Å². The lowest BCUT2D eigenvalue weighted by Crippen LogP contribution is -2.47. The average Bonchev–Trinajstić information content (AvgIpc) is 3.08. The Bertz CT molecular complexity index is 711. The molecule has 2 aromatic heterocycles. The molecule has 6 heteroatoms. The van der Waals surface area contributed by atoms with Gasteiger partial charge in [-0.1, -0.05) is 0 Å². The minimum atomic E-state index is 0.355. The summed E-state index contributed by atoms with van der Waals surface area (Å²) in [6.45, 7) is 9.92. The number of aryl methyl sites for hydroxylation is 2. The van der Waals surface area contributed by atoms with Crippen molar-refractivity contribution in [1.29, 1.82) is 5.26 Å². The van der Waals surface area contributed by atoms with Gasteiger partial charge in [-0.2, -0.15) is 5.26 Å². The smallest absolute Gasteiger partial charge is 0.109 e. The van der Waals surface area contributed by atoms with Gasteiger partial charge in [0.1, 0.15) is 11.1 Å². The van der Waals surface area contributed by atoms with E-state index in [4.69, 9.17) is 0 Å². The first kappa shape index (κ1) is 15.9. The molecule has 3 heterocycles. The summed E-state index contributed by atoms with van der Waals surface area (Å²) >= 11 is 1.71. The van der Waals surface area contributed by atoms with Crippen LogP contribution in [0.1, 0.15) is 34.9 Å². The highest BCUT2D eigenvalue weighted by atomic mass is 32.1. The second kappa shape index (κ2) is 6.65.